The number of rotatable bonds is 7. The van der Waals surface area contributed by atoms with Crippen molar-refractivity contribution in [1.29, 1.82) is 0 Å². The van der Waals surface area contributed by atoms with Crippen molar-refractivity contribution in [2.24, 2.45) is 5.92 Å². The van der Waals surface area contributed by atoms with E-state index in [-0.39, 0.29) is 42.8 Å². The van der Waals surface area contributed by atoms with E-state index in [4.69, 9.17) is 9.47 Å². The van der Waals surface area contributed by atoms with Crippen LogP contribution in [0.15, 0.2) is 42.5 Å². The molecule has 2 amide bonds. The van der Waals surface area contributed by atoms with Crippen LogP contribution in [0.4, 0.5) is 17.1 Å². The van der Waals surface area contributed by atoms with Gasteiger partial charge in [-0.05, 0) is 37.3 Å². The van der Waals surface area contributed by atoms with Gasteiger partial charge in [-0.2, -0.15) is 0 Å². The highest BCUT2D eigenvalue weighted by Crippen LogP contribution is 2.36. The summed E-state index contributed by atoms with van der Waals surface area (Å²) >= 11 is 0. The van der Waals surface area contributed by atoms with Gasteiger partial charge in [-0.3, -0.25) is 19.7 Å². The van der Waals surface area contributed by atoms with Gasteiger partial charge in [-0.25, -0.2) is 4.79 Å². The lowest BCUT2D eigenvalue weighted by Gasteiger charge is -2.19. The molecule has 2 aromatic rings. The number of ether oxygens (including phenoxy) is 2. The molecule has 0 bridgehead atoms. The Morgan fingerprint density at radius 3 is 2.55 bits per heavy atom. The van der Waals surface area contributed by atoms with Crippen LogP contribution in [0.1, 0.15) is 23.7 Å². The first-order valence-electron chi connectivity index (χ1n) is 9.54. The van der Waals surface area contributed by atoms with Gasteiger partial charge in [0.25, 0.3) is 5.69 Å². The number of nitro benzene ring substituents is 1. The van der Waals surface area contributed by atoms with Crippen molar-refractivity contribution >= 4 is 34.8 Å². The summed E-state index contributed by atoms with van der Waals surface area (Å²) in [7, 11) is 1.35. The second-order valence-corrected chi connectivity index (χ2v) is 6.81. The lowest BCUT2D eigenvalue weighted by molar-refractivity contribution is -0.384. The van der Waals surface area contributed by atoms with E-state index in [1.165, 1.54) is 30.2 Å². The van der Waals surface area contributed by atoms with Crippen LogP contribution in [0.2, 0.25) is 0 Å². The minimum atomic E-state index is -0.614. The molecule has 31 heavy (non-hydrogen) atoms. The molecule has 1 fully saturated rings. The van der Waals surface area contributed by atoms with Crippen molar-refractivity contribution in [3.05, 3.63) is 58.1 Å². The van der Waals surface area contributed by atoms with Gasteiger partial charge in [-0.1, -0.05) is 0 Å². The fraction of sp³-hybridized carbons (Fsp3) is 0.286. The summed E-state index contributed by atoms with van der Waals surface area (Å²) in [5, 5.41) is 13.7. The van der Waals surface area contributed by atoms with Gasteiger partial charge < -0.3 is 19.7 Å². The van der Waals surface area contributed by atoms with Gasteiger partial charge in [0.1, 0.15) is 5.75 Å². The van der Waals surface area contributed by atoms with Gasteiger partial charge in [0.15, 0.2) is 0 Å². The second-order valence-electron chi connectivity index (χ2n) is 6.81. The molecule has 0 aromatic heterocycles. The Bertz CT molecular complexity index is 1020. The van der Waals surface area contributed by atoms with E-state index in [1.54, 1.807) is 31.2 Å². The Labute approximate surface area is 177 Å². The van der Waals surface area contributed by atoms with Crippen LogP contribution in [0.25, 0.3) is 0 Å². The molecule has 2 aromatic carbocycles. The number of non-ortho nitro benzene ring substituents is 1. The number of hydrogen-bond donors (Lipinski definition) is 1. The van der Waals surface area contributed by atoms with Crippen LogP contribution in [0, 0.1) is 16.0 Å². The van der Waals surface area contributed by atoms with Crippen LogP contribution in [0.5, 0.6) is 5.75 Å². The summed E-state index contributed by atoms with van der Waals surface area (Å²) in [5.41, 5.74) is 1.06. The highest BCUT2D eigenvalue weighted by Gasteiger charge is 2.36. The Kier molecular flexibility index (Phi) is 6.49. The second kappa shape index (κ2) is 9.24. The molecule has 0 saturated carbocycles. The molecular formula is C21H21N3O7. The molecule has 1 saturated heterocycles. The molecule has 1 atom stereocenters. The molecule has 162 valence electrons. The van der Waals surface area contributed by atoms with E-state index in [0.717, 1.165) is 0 Å². The predicted octanol–water partition coefficient (Wildman–Crippen LogP) is 2.77. The van der Waals surface area contributed by atoms with Crippen LogP contribution < -0.4 is 15.0 Å². The summed E-state index contributed by atoms with van der Waals surface area (Å²) in [4.78, 5) is 48.7. The van der Waals surface area contributed by atoms with Crippen molar-refractivity contribution in [1.82, 2.24) is 0 Å². The van der Waals surface area contributed by atoms with Crippen LogP contribution in [-0.4, -0.2) is 43.0 Å². The first kappa shape index (κ1) is 21.8. The number of nitro groups is 1. The molecule has 1 N–H and O–H groups in total. The standard InChI is InChI=1S/C21H21N3O7/c1-3-31-21(27)13-4-6-15(7-5-13)22-20(26)14-10-19(25)23(12-14)17-9-8-16(24(28)29)11-18(17)30-2/h4-9,11,14H,3,10,12H2,1-2H3,(H,22,26)/t14-/m1/s1. The van der Waals surface area contributed by atoms with Crippen LogP contribution in [0.3, 0.4) is 0 Å². The third-order valence-electron chi connectivity index (χ3n) is 4.82. The number of nitrogens with zero attached hydrogens (tertiary/aromatic N) is 2. The number of anilines is 2. The summed E-state index contributed by atoms with van der Waals surface area (Å²) in [6, 6.07) is 10.2. The third kappa shape index (κ3) is 4.80. The largest absolute Gasteiger partial charge is 0.494 e. The Hall–Kier alpha value is -3.95. The van der Waals surface area contributed by atoms with Gasteiger partial charge in [0.05, 0.1) is 41.9 Å². The average Bonchev–Trinajstić information content (AvgIpc) is 3.15. The summed E-state index contributed by atoms with van der Waals surface area (Å²) < 4.78 is 10.1. The van der Waals surface area contributed by atoms with Crippen LogP contribution >= 0.6 is 0 Å². The van der Waals surface area contributed by atoms with Crippen LogP contribution in [-0.2, 0) is 14.3 Å². The normalized spacial score (nSPS) is 15.5. The minimum Gasteiger partial charge on any atom is -0.494 e. The van der Waals surface area contributed by atoms with Crippen molar-refractivity contribution in [3.63, 3.8) is 0 Å². The van der Waals surface area contributed by atoms with E-state index in [0.29, 0.717) is 16.9 Å². The first-order valence-corrected chi connectivity index (χ1v) is 9.54. The number of esters is 1. The number of nitrogens with one attached hydrogen (secondary N) is 1. The van der Waals surface area contributed by atoms with E-state index in [1.807, 2.05) is 0 Å². The molecule has 1 heterocycles. The zero-order valence-electron chi connectivity index (χ0n) is 17.0. The van der Waals surface area contributed by atoms with E-state index < -0.39 is 16.8 Å². The van der Waals surface area contributed by atoms with Crippen molar-refractivity contribution < 1.29 is 28.8 Å². The van der Waals surface area contributed by atoms with E-state index >= 15 is 0 Å². The summed E-state index contributed by atoms with van der Waals surface area (Å²) in [5.74, 6) is -1.52. The summed E-state index contributed by atoms with van der Waals surface area (Å²) in [6.45, 7) is 2.09. The minimum absolute atomic E-state index is 0.00706. The summed E-state index contributed by atoms with van der Waals surface area (Å²) in [6.07, 6.45) is -0.00706. The van der Waals surface area contributed by atoms with Gasteiger partial charge in [-0.15, -0.1) is 0 Å². The first-order chi connectivity index (χ1) is 14.8. The average molecular weight is 427 g/mol. The quantitative estimate of drug-likeness (QED) is 0.409. The lowest BCUT2D eigenvalue weighted by atomic mass is 10.1. The number of methoxy groups -OCH3 is 1. The number of amides is 2. The smallest absolute Gasteiger partial charge is 0.338 e. The molecule has 0 unspecified atom stereocenters. The maximum absolute atomic E-state index is 12.7. The van der Waals surface area contributed by atoms with Gasteiger partial charge >= 0.3 is 5.97 Å². The highest BCUT2D eigenvalue weighted by molar-refractivity contribution is 6.04. The zero-order valence-corrected chi connectivity index (χ0v) is 17.0. The lowest BCUT2D eigenvalue weighted by Crippen LogP contribution is -2.28. The Balaban J connectivity index is 1.69. The van der Waals surface area contributed by atoms with E-state index in [2.05, 4.69) is 5.32 Å². The van der Waals surface area contributed by atoms with Gasteiger partial charge in [0.2, 0.25) is 11.8 Å². The number of benzene rings is 2. The number of hydrogen-bond acceptors (Lipinski definition) is 7. The third-order valence-corrected chi connectivity index (χ3v) is 4.82. The molecule has 0 spiro atoms. The fourth-order valence-corrected chi connectivity index (χ4v) is 3.27. The Morgan fingerprint density at radius 2 is 1.94 bits per heavy atom. The van der Waals surface area contributed by atoms with Gasteiger partial charge in [0, 0.05) is 24.7 Å². The SMILES string of the molecule is CCOC(=O)c1ccc(NC(=O)[C@@H]2CC(=O)N(c3ccc([N+](=O)[O-])cc3OC)C2)cc1. The molecule has 10 nitrogen and oxygen atoms in total. The monoisotopic (exact) mass is 427 g/mol. The Morgan fingerprint density at radius 1 is 1.23 bits per heavy atom. The molecule has 1 aliphatic heterocycles. The predicted molar refractivity (Wildman–Crippen MR) is 111 cm³/mol. The highest BCUT2D eigenvalue weighted by atomic mass is 16.6. The van der Waals surface area contributed by atoms with Crippen molar-refractivity contribution in [2.45, 2.75) is 13.3 Å². The van der Waals surface area contributed by atoms with E-state index in [9.17, 15) is 24.5 Å². The topological polar surface area (TPSA) is 128 Å². The molecule has 10 heteroatoms. The zero-order chi connectivity index (χ0) is 22.5. The maximum atomic E-state index is 12.7. The fourth-order valence-electron chi connectivity index (χ4n) is 3.27. The molecule has 3 rings (SSSR count). The number of carbonyl (C=O) groups is 3. The maximum Gasteiger partial charge on any atom is 0.338 e. The van der Waals surface area contributed by atoms with Crippen molar-refractivity contribution in [2.75, 3.05) is 30.5 Å². The molecule has 0 aliphatic carbocycles. The number of carbonyl (C=O) groups excluding carboxylic acids is 3. The molecular weight excluding hydrogens is 406 g/mol. The molecule has 1 aliphatic rings. The van der Waals surface area contributed by atoms with Crippen molar-refractivity contribution in [3.8, 4) is 5.75 Å². The molecule has 0 radical (unpaired) electrons.